The fourth-order valence-corrected chi connectivity index (χ4v) is 1.96. The second-order valence-electron chi connectivity index (χ2n) is 5.27. The molecule has 0 saturated heterocycles. The van der Waals surface area contributed by atoms with Gasteiger partial charge >= 0.3 is 5.97 Å². The third-order valence-electron chi connectivity index (χ3n) is 3.01. The molecule has 1 aromatic carbocycles. The van der Waals surface area contributed by atoms with E-state index in [0.717, 1.165) is 19.4 Å². The molecule has 0 fully saturated rings. The van der Waals surface area contributed by atoms with E-state index in [0.29, 0.717) is 23.8 Å². The SMILES string of the molecule is CCCCOCC(C)OCC(C)OC(=O)c1ccccc1Cl. The van der Waals surface area contributed by atoms with Gasteiger partial charge in [0.05, 0.1) is 29.9 Å². The third-order valence-corrected chi connectivity index (χ3v) is 3.34. The molecule has 124 valence electrons. The summed E-state index contributed by atoms with van der Waals surface area (Å²) in [6, 6.07) is 6.82. The number of benzene rings is 1. The van der Waals surface area contributed by atoms with E-state index in [1.807, 2.05) is 6.92 Å². The maximum atomic E-state index is 12.0. The average molecular weight is 329 g/mol. The highest BCUT2D eigenvalue weighted by molar-refractivity contribution is 6.33. The van der Waals surface area contributed by atoms with E-state index in [2.05, 4.69) is 6.92 Å². The van der Waals surface area contributed by atoms with E-state index in [4.69, 9.17) is 25.8 Å². The van der Waals surface area contributed by atoms with Crippen LogP contribution < -0.4 is 0 Å². The second-order valence-corrected chi connectivity index (χ2v) is 5.68. The number of carbonyl (C=O) groups is 1. The van der Waals surface area contributed by atoms with Crippen LogP contribution in [0.4, 0.5) is 0 Å². The molecule has 0 N–H and O–H groups in total. The summed E-state index contributed by atoms with van der Waals surface area (Å²) in [5, 5.41) is 0.387. The molecule has 4 nitrogen and oxygen atoms in total. The van der Waals surface area contributed by atoms with E-state index in [9.17, 15) is 4.79 Å². The van der Waals surface area contributed by atoms with Crippen LogP contribution in [0.1, 0.15) is 44.0 Å². The minimum absolute atomic E-state index is 0.0293. The summed E-state index contributed by atoms with van der Waals surface area (Å²) in [6.45, 7) is 7.48. The molecule has 2 unspecified atom stereocenters. The van der Waals surface area contributed by atoms with E-state index in [-0.39, 0.29) is 12.2 Å². The van der Waals surface area contributed by atoms with E-state index in [1.165, 1.54) is 0 Å². The Morgan fingerprint density at radius 2 is 1.91 bits per heavy atom. The van der Waals surface area contributed by atoms with Crippen LogP contribution in [-0.4, -0.2) is 38.0 Å². The van der Waals surface area contributed by atoms with Crippen molar-refractivity contribution in [2.75, 3.05) is 19.8 Å². The highest BCUT2D eigenvalue weighted by Gasteiger charge is 2.15. The lowest BCUT2D eigenvalue weighted by atomic mass is 10.2. The standard InChI is InChI=1S/C17H25ClO4/c1-4-5-10-20-11-13(2)21-12-14(3)22-17(19)15-8-6-7-9-16(15)18/h6-9,13-14H,4-5,10-12H2,1-3H3. The highest BCUT2D eigenvalue weighted by Crippen LogP contribution is 2.16. The summed E-state index contributed by atoms with van der Waals surface area (Å²) in [5.74, 6) is -0.437. The number of carbonyl (C=O) groups excluding carboxylic acids is 1. The molecule has 0 aliphatic carbocycles. The van der Waals surface area contributed by atoms with Crippen LogP contribution in [0.2, 0.25) is 5.02 Å². The molecule has 0 aromatic heterocycles. The summed E-state index contributed by atoms with van der Waals surface area (Å²) in [7, 11) is 0. The lowest BCUT2D eigenvalue weighted by Gasteiger charge is -2.18. The first-order valence-corrected chi connectivity index (χ1v) is 8.07. The van der Waals surface area contributed by atoms with Crippen molar-refractivity contribution in [2.45, 2.75) is 45.8 Å². The monoisotopic (exact) mass is 328 g/mol. The number of unbranched alkanes of at least 4 members (excludes halogenated alkanes) is 1. The molecule has 2 atom stereocenters. The van der Waals surface area contributed by atoms with Crippen molar-refractivity contribution in [2.24, 2.45) is 0 Å². The lowest BCUT2D eigenvalue weighted by Crippen LogP contribution is -2.25. The summed E-state index contributed by atoms with van der Waals surface area (Å²) in [5.41, 5.74) is 0.368. The topological polar surface area (TPSA) is 44.8 Å². The van der Waals surface area contributed by atoms with Gasteiger partial charge in [-0.05, 0) is 32.4 Å². The van der Waals surface area contributed by atoms with Crippen molar-refractivity contribution >= 4 is 17.6 Å². The molecule has 0 saturated carbocycles. The van der Waals surface area contributed by atoms with Gasteiger partial charge in [0, 0.05) is 6.61 Å². The molecular weight excluding hydrogens is 304 g/mol. The zero-order chi connectivity index (χ0) is 16.4. The van der Waals surface area contributed by atoms with Gasteiger partial charge in [-0.15, -0.1) is 0 Å². The maximum Gasteiger partial charge on any atom is 0.339 e. The summed E-state index contributed by atoms with van der Waals surface area (Å²) in [4.78, 5) is 12.0. The molecule has 0 bridgehead atoms. The van der Waals surface area contributed by atoms with Crippen molar-refractivity contribution in [3.8, 4) is 0 Å². The van der Waals surface area contributed by atoms with Gasteiger partial charge in [0.2, 0.25) is 0 Å². The molecule has 1 aromatic rings. The first-order valence-electron chi connectivity index (χ1n) is 7.69. The number of ether oxygens (including phenoxy) is 3. The predicted octanol–water partition coefficient (Wildman–Crippen LogP) is 4.11. The predicted molar refractivity (Wildman–Crippen MR) is 87.5 cm³/mol. The fourth-order valence-electron chi connectivity index (χ4n) is 1.75. The molecule has 1 rings (SSSR count). The fraction of sp³-hybridized carbons (Fsp3) is 0.588. The Morgan fingerprint density at radius 3 is 2.59 bits per heavy atom. The van der Waals surface area contributed by atoms with Gasteiger partial charge in [0.15, 0.2) is 0 Å². The molecule has 0 spiro atoms. The molecule has 0 heterocycles. The number of halogens is 1. The van der Waals surface area contributed by atoms with E-state index < -0.39 is 5.97 Å². The molecule has 0 aliphatic heterocycles. The molecule has 0 radical (unpaired) electrons. The van der Waals surface area contributed by atoms with Gasteiger partial charge in [-0.3, -0.25) is 0 Å². The Labute approximate surface area is 137 Å². The Hall–Kier alpha value is -1.10. The molecular formula is C17H25ClO4. The quantitative estimate of drug-likeness (QED) is 0.479. The smallest absolute Gasteiger partial charge is 0.339 e. The van der Waals surface area contributed by atoms with Crippen LogP contribution in [0, 0.1) is 0 Å². The van der Waals surface area contributed by atoms with Crippen molar-refractivity contribution in [1.82, 2.24) is 0 Å². The van der Waals surface area contributed by atoms with E-state index in [1.54, 1.807) is 31.2 Å². The maximum absolute atomic E-state index is 12.0. The average Bonchev–Trinajstić information content (AvgIpc) is 2.50. The van der Waals surface area contributed by atoms with Crippen LogP contribution in [0.5, 0.6) is 0 Å². The number of rotatable bonds is 10. The third kappa shape index (κ3) is 7.25. The minimum atomic E-state index is -0.437. The van der Waals surface area contributed by atoms with Gasteiger partial charge in [-0.2, -0.15) is 0 Å². The Balaban J connectivity index is 2.27. The Bertz CT molecular complexity index is 450. The van der Waals surface area contributed by atoms with Gasteiger partial charge in [0.25, 0.3) is 0 Å². The van der Waals surface area contributed by atoms with Crippen molar-refractivity contribution in [3.05, 3.63) is 34.9 Å². The largest absolute Gasteiger partial charge is 0.457 e. The molecule has 5 heteroatoms. The summed E-state index contributed by atoms with van der Waals surface area (Å²) < 4.78 is 16.4. The van der Waals surface area contributed by atoms with Gasteiger partial charge in [-0.1, -0.05) is 37.1 Å². The minimum Gasteiger partial charge on any atom is -0.457 e. The number of esters is 1. The van der Waals surface area contributed by atoms with Crippen LogP contribution >= 0.6 is 11.6 Å². The van der Waals surface area contributed by atoms with Crippen LogP contribution in [-0.2, 0) is 14.2 Å². The second kappa shape index (κ2) is 10.6. The highest BCUT2D eigenvalue weighted by atomic mass is 35.5. The van der Waals surface area contributed by atoms with Gasteiger partial charge in [-0.25, -0.2) is 4.79 Å². The van der Waals surface area contributed by atoms with Crippen LogP contribution in [0.25, 0.3) is 0 Å². The Kier molecular flexibility index (Phi) is 9.13. The van der Waals surface area contributed by atoms with Gasteiger partial charge in [0.1, 0.15) is 6.10 Å². The first kappa shape index (κ1) is 18.9. The lowest BCUT2D eigenvalue weighted by molar-refractivity contribution is -0.0455. The zero-order valence-corrected chi connectivity index (χ0v) is 14.3. The number of hydrogen-bond donors (Lipinski definition) is 0. The summed E-state index contributed by atoms with van der Waals surface area (Å²) in [6.07, 6.45) is 1.79. The zero-order valence-electron chi connectivity index (χ0n) is 13.5. The van der Waals surface area contributed by atoms with Crippen LogP contribution in [0.15, 0.2) is 24.3 Å². The molecule has 0 amide bonds. The van der Waals surface area contributed by atoms with Gasteiger partial charge < -0.3 is 14.2 Å². The molecule has 22 heavy (non-hydrogen) atoms. The van der Waals surface area contributed by atoms with Crippen molar-refractivity contribution < 1.29 is 19.0 Å². The first-order chi connectivity index (χ1) is 10.5. The van der Waals surface area contributed by atoms with Crippen LogP contribution in [0.3, 0.4) is 0 Å². The van der Waals surface area contributed by atoms with Crippen molar-refractivity contribution in [3.63, 3.8) is 0 Å². The van der Waals surface area contributed by atoms with E-state index >= 15 is 0 Å². The number of hydrogen-bond acceptors (Lipinski definition) is 4. The molecule has 0 aliphatic rings. The summed E-state index contributed by atoms with van der Waals surface area (Å²) >= 11 is 5.96. The normalized spacial score (nSPS) is 13.6. The Morgan fingerprint density at radius 1 is 1.18 bits per heavy atom. The van der Waals surface area contributed by atoms with Crippen molar-refractivity contribution in [1.29, 1.82) is 0 Å².